The summed E-state index contributed by atoms with van der Waals surface area (Å²) in [6.45, 7) is 0.408. The molecule has 0 aromatic carbocycles. The Bertz CT molecular complexity index is 148. The van der Waals surface area contributed by atoms with E-state index in [9.17, 15) is 0 Å². The van der Waals surface area contributed by atoms with Gasteiger partial charge in [-0.05, 0) is 18.0 Å². The molecule has 0 amide bonds. The third kappa shape index (κ3) is 2.10. The molecule has 0 unspecified atom stereocenters. The molecule has 0 saturated heterocycles. The summed E-state index contributed by atoms with van der Waals surface area (Å²) in [5, 5.41) is 3.34. The molecular formula is C5H12N4O. The van der Waals surface area contributed by atoms with Crippen LogP contribution >= 0.6 is 0 Å². The molecule has 58 valence electrons. The van der Waals surface area contributed by atoms with Gasteiger partial charge in [0.25, 0.3) is 0 Å². The van der Waals surface area contributed by atoms with E-state index in [1.807, 2.05) is 0 Å². The topological polar surface area (TPSA) is 99.7 Å². The number of nitrogens with two attached hydrogens (primary N) is 3. The molecule has 0 bridgehead atoms. The lowest BCUT2D eigenvalue weighted by Crippen LogP contribution is -2.29. The number of nitrogens with zero attached hydrogens (tertiary/aromatic N) is 1. The average Bonchev–Trinajstić information content (AvgIpc) is 2.47. The zero-order valence-electron chi connectivity index (χ0n) is 5.71. The zero-order valence-corrected chi connectivity index (χ0v) is 5.71. The van der Waals surface area contributed by atoms with Gasteiger partial charge in [-0.2, -0.15) is 0 Å². The molecule has 1 aliphatic rings. The first kappa shape index (κ1) is 7.14. The van der Waals surface area contributed by atoms with Crippen LogP contribution in [0.5, 0.6) is 0 Å². The first-order valence-corrected chi connectivity index (χ1v) is 3.12. The summed E-state index contributed by atoms with van der Waals surface area (Å²) < 4.78 is 0. The molecule has 1 saturated carbocycles. The fraction of sp³-hybridized carbons (Fsp3) is 0.800. The second-order valence-electron chi connectivity index (χ2n) is 2.65. The summed E-state index contributed by atoms with van der Waals surface area (Å²) in [7, 11) is 0. The van der Waals surface area contributed by atoms with Gasteiger partial charge in [-0.25, -0.2) is 0 Å². The number of rotatable bonds is 3. The Morgan fingerprint density at radius 3 is 2.50 bits per heavy atom. The van der Waals surface area contributed by atoms with E-state index in [1.165, 1.54) is 0 Å². The van der Waals surface area contributed by atoms with E-state index in [2.05, 4.69) is 5.16 Å². The van der Waals surface area contributed by atoms with Crippen LogP contribution in [0.3, 0.4) is 0 Å². The van der Waals surface area contributed by atoms with Crippen molar-refractivity contribution in [2.75, 3.05) is 6.61 Å². The minimum Gasteiger partial charge on any atom is -0.391 e. The first-order valence-electron chi connectivity index (χ1n) is 3.12. The molecule has 0 atom stereocenters. The first-order chi connectivity index (χ1) is 4.62. The van der Waals surface area contributed by atoms with E-state index in [4.69, 9.17) is 22.0 Å². The predicted molar refractivity (Wildman–Crippen MR) is 37.9 cm³/mol. The largest absolute Gasteiger partial charge is 0.391 e. The van der Waals surface area contributed by atoms with Gasteiger partial charge in [-0.1, -0.05) is 0 Å². The highest BCUT2D eigenvalue weighted by Crippen LogP contribution is 2.31. The van der Waals surface area contributed by atoms with Gasteiger partial charge in [-0.3, -0.25) is 0 Å². The second kappa shape index (κ2) is 2.34. The van der Waals surface area contributed by atoms with E-state index in [1.54, 1.807) is 0 Å². The van der Waals surface area contributed by atoms with Crippen LogP contribution in [0.25, 0.3) is 0 Å². The van der Waals surface area contributed by atoms with Crippen molar-refractivity contribution in [3.05, 3.63) is 0 Å². The van der Waals surface area contributed by atoms with Gasteiger partial charge in [0, 0.05) is 0 Å². The van der Waals surface area contributed by atoms with Crippen molar-refractivity contribution in [1.82, 2.24) is 0 Å². The molecule has 5 nitrogen and oxygen atoms in total. The lowest BCUT2D eigenvalue weighted by Gasteiger charge is -2.04. The highest BCUT2D eigenvalue weighted by Gasteiger charge is 2.39. The Balaban J connectivity index is 2.11. The molecule has 5 heteroatoms. The number of hydrogen-bond acceptors (Lipinski definition) is 3. The Kier molecular flexibility index (Phi) is 1.67. The summed E-state index contributed by atoms with van der Waals surface area (Å²) >= 11 is 0. The predicted octanol–water partition coefficient (Wildman–Crippen LogP) is -1.32. The minimum atomic E-state index is -0.154. The Labute approximate surface area is 59.2 Å². The van der Waals surface area contributed by atoms with Crippen molar-refractivity contribution >= 4 is 5.96 Å². The summed E-state index contributed by atoms with van der Waals surface area (Å²) in [6, 6.07) is 0. The average molecular weight is 144 g/mol. The van der Waals surface area contributed by atoms with Gasteiger partial charge in [0.15, 0.2) is 0 Å². The highest BCUT2D eigenvalue weighted by molar-refractivity contribution is 5.74. The number of guanidine groups is 1. The van der Waals surface area contributed by atoms with E-state index in [0.717, 1.165) is 12.8 Å². The number of oxime groups is 1. The SMILES string of the molecule is NC(N)=NOCC1(N)CC1. The molecule has 0 spiro atoms. The van der Waals surface area contributed by atoms with Crippen LogP contribution in [0.15, 0.2) is 5.16 Å². The molecule has 1 rings (SSSR count). The lowest BCUT2D eigenvalue weighted by molar-refractivity contribution is 0.123. The van der Waals surface area contributed by atoms with Gasteiger partial charge in [0.2, 0.25) is 5.96 Å². The normalized spacial score (nSPS) is 19.7. The number of hydrogen-bond donors (Lipinski definition) is 3. The van der Waals surface area contributed by atoms with E-state index < -0.39 is 0 Å². The second-order valence-corrected chi connectivity index (χ2v) is 2.65. The monoisotopic (exact) mass is 144 g/mol. The Morgan fingerprint density at radius 2 is 2.10 bits per heavy atom. The van der Waals surface area contributed by atoms with Gasteiger partial charge < -0.3 is 22.0 Å². The third-order valence-electron chi connectivity index (χ3n) is 1.41. The van der Waals surface area contributed by atoms with Crippen LogP contribution in [0, 0.1) is 0 Å². The van der Waals surface area contributed by atoms with Crippen LogP contribution in [0.4, 0.5) is 0 Å². The molecule has 0 aromatic heterocycles. The molecular weight excluding hydrogens is 132 g/mol. The van der Waals surface area contributed by atoms with Crippen molar-refractivity contribution in [3.8, 4) is 0 Å². The van der Waals surface area contributed by atoms with Crippen molar-refractivity contribution in [3.63, 3.8) is 0 Å². The molecule has 6 N–H and O–H groups in total. The molecule has 1 fully saturated rings. The summed E-state index contributed by atoms with van der Waals surface area (Å²) in [4.78, 5) is 4.73. The highest BCUT2D eigenvalue weighted by atomic mass is 16.6. The summed E-state index contributed by atoms with van der Waals surface area (Å²) in [6.07, 6.45) is 1.99. The van der Waals surface area contributed by atoms with Gasteiger partial charge in [-0.15, -0.1) is 0 Å². The zero-order chi connectivity index (χ0) is 7.61. The Hall–Kier alpha value is -0.970. The quantitative estimate of drug-likeness (QED) is 0.260. The standard InChI is InChI=1S/C5H12N4O/c6-4(7)9-10-3-5(8)1-2-5/h1-3,8H2,(H4,6,7,9). The molecule has 0 aliphatic heterocycles. The van der Waals surface area contributed by atoms with Gasteiger partial charge in [0.1, 0.15) is 6.61 Å². The van der Waals surface area contributed by atoms with Crippen LogP contribution in [-0.2, 0) is 4.84 Å². The molecule has 0 heterocycles. The lowest BCUT2D eigenvalue weighted by atomic mass is 10.3. The van der Waals surface area contributed by atoms with Crippen LogP contribution in [0.1, 0.15) is 12.8 Å². The van der Waals surface area contributed by atoms with E-state index >= 15 is 0 Å². The van der Waals surface area contributed by atoms with Gasteiger partial charge >= 0.3 is 0 Å². The van der Waals surface area contributed by atoms with Crippen molar-refractivity contribution < 1.29 is 4.84 Å². The van der Waals surface area contributed by atoms with Crippen molar-refractivity contribution in [2.24, 2.45) is 22.4 Å². The molecule has 1 aliphatic carbocycles. The molecule has 0 aromatic rings. The fourth-order valence-corrected chi connectivity index (χ4v) is 0.540. The van der Waals surface area contributed by atoms with Crippen molar-refractivity contribution in [2.45, 2.75) is 18.4 Å². The van der Waals surface area contributed by atoms with Crippen molar-refractivity contribution in [1.29, 1.82) is 0 Å². The maximum absolute atomic E-state index is 5.66. The van der Waals surface area contributed by atoms with Gasteiger partial charge in [0.05, 0.1) is 5.54 Å². The fourth-order valence-electron chi connectivity index (χ4n) is 0.540. The van der Waals surface area contributed by atoms with E-state index in [0.29, 0.717) is 6.61 Å². The minimum absolute atomic E-state index is 0.0655. The molecule has 0 radical (unpaired) electrons. The Morgan fingerprint density at radius 1 is 1.50 bits per heavy atom. The summed E-state index contributed by atoms with van der Waals surface area (Å²) in [5.74, 6) is -0.0655. The van der Waals surface area contributed by atoms with E-state index in [-0.39, 0.29) is 11.5 Å². The van der Waals surface area contributed by atoms with Crippen LogP contribution < -0.4 is 17.2 Å². The summed E-state index contributed by atoms with van der Waals surface area (Å²) in [5.41, 5.74) is 15.5. The maximum atomic E-state index is 5.66. The molecule has 10 heavy (non-hydrogen) atoms. The maximum Gasteiger partial charge on any atom is 0.228 e. The van der Waals surface area contributed by atoms with Crippen LogP contribution in [-0.4, -0.2) is 18.1 Å². The third-order valence-corrected chi connectivity index (χ3v) is 1.41. The van der Waals surface area contributed by atoms with Crippen LogP contribution in [0.2, 0.25) is 0 Å². The smallest absolute Gasteiger partial charge is 0.228 e.